The molecule has 0 heterocycles. The minimum Gasteiger partial charge on any atom is -0.424 e. The summed E-state index contributed by atoms with van der Waals surface area (Å²) in [6.07, 6.45) is -11.2. The number of alkyl halides is 6. The third-order valence-electron chi connectivity index (χ3n) is 6.08. The topological polar surface area (TPSA) is 18.5 Å². The fraction of sp³-hybridized carbons (Fsp3) is 0.520. The molecule has 1 saturated carbocycles. The Morgan fingerprint density at radius 1 is 0.886 bits per heavy atom. The first-order chi connectivity index (χ1) is 16.4. The minimum absolute atomic E-state index is 0.0355. The highest BCUT2D eigenvalue weighted by molar-refractivity contribution is 5.65. The molecule has 2 nitrogen and oxygen atoms in total. The summed E-state index contributed by atoms with van der Waals surface area (Å²) in [6, 6.07) is 8.17. The van der Waals surface area contributed by atoms with Gasteiger partial charge in [-0.2, -0.15) is 22.0 Å². The molecule has 0 spiro atoms. The first-order valence-corrected chi connectivity index (χ1v) is 11.4. The molecule has 0 aromatic heterocycles. The van der Waals surface area contributed by atoms with Crippen LogP contribution < -0.4 is 4.74 Å². The highest BCUT2D eigenvalue weighted by atomic mass is 19.4. The van der Waals surface area contributed by atoms with Gasteiger partial charge in [-0.05, 0) is 72.8 Å². The maximum Gasteiger partial charge on any atom is 0.439 e. The summed E-state index contributed by atoms with van der Waals surface area (Å²) >= 11 is 0. The predicted molar refractivity (Wildman–Crippen MR) is 114 cm³/mol. The van der Waals surface area contributed by atoms with Gasteiger partial charge in [-0.25, -0.2) is 13.2 Å². The molecule has 1 atom stereocenters. The minimum atomic E-state index is -5.97. The van der Waals surface area contributed by atoms with Crippen molar-refractivity contribution in [1.29, 1.82) is 0 Å². The molecule has 0 saturated heterocycles. The van der Waals surface area contributed by atoms with E-state index in [-0.39, 0.29) is 5.56 Å². The molecule has 0 amide bonds. The third-order valence-corrected chi connectivity index (χ3v) is 6.08. The molecular weight excluding hydrogens is 484 g/mol. The normalized spacial score (nSPS) is 20.0. The Morgan fingerprint density at radius 3 is 1.97 bits per heavy atom. The molecule has 3 rings (SSSR count). The first-order valence-electron chi connectivity index (χ1n) is 11.4. The molecule has 0 bridgehead atoms. The second-order valence-electron chi connectivity index (χ2n) is 8.75. The number of benzene rings is 2. The summed E-state index contributed by atoms with van der Waals surface area (Å²) in [5, 5.41) is 0. The number of halogens is 8. The molecule has 35 heavy (non-hydrogen) atoms. The lowest BCUT2D eigenvalue weighted by Crippen LogP contribution is -2.46. The van der Waals surface area contributed by atoms with Crippen LogP contribution in [0.5, 0.6) is 5.75 Å². The second-order valence-corrected chi connectivity index (χ2v) is 8.75. The molecule has 0 aliphatic heterocycles. The summed E-state index contributed by atoms with van der Waals surface area (Å²) in [4.78, 5) is 0. The SMILES string of the molecule is CCCOCC1CCC(c2ccc(-c3cc(F)c(OC(F)(F)C(F)C(F)(F)F)c(F)c3)cc2)CC1. The number of hydrogen-bond donors (Lipinski definition) is 0. The summed E-state index contributed by atoms with van der Waals surface area (Å²) in [5.41, 5.74) is 1.39. The molecule has 1 aliphatic rings. The Bertz CT molecular complexity index is 943. The summed E-state index contributed by atoms with van der Waals surface area (Å²) in [7, 11) is 0. The van der Waals surface area contributed by atoms with Crippen molar-refractivity contribution in [2.75, 3.05) is 13.2 Å². The van der Waals surface area contributed by atoms with Crippen LogP contribution in [0.3, 0.4) is 0 Å². The Balaban J connectivity index is 1.68. The molecule has 10 heteroatoms. The Labute approximate surface area is 198 Å². The third kappa shape index (κ3) is 6.86. The van der Waals surface area contributed by atoms with E-state index in [1.54, 1.807) is 12.1 Å². The maximum absolute atomic E-state index is 14.3. The second kappa shape index (κ2) is 11.1. The predicted octanol–water partition coefficient (Wildman–Crippen LogP) is 8.20. The van der Waals surface area contributed by atoms with Gasteiger partial charge in [0.2, 0.25) is 0 Å². The Morgan fingerprint density at radius 2 is 1.46 bits per heavy atom. The fourth-order valence-corrected chi connectivity index (χ4v) is 4.21. The molecule has 2 aromatic rings. The lowest BCUT2D eigenvalue weighted by molar-refractivity contribution is -0.306. The highest BCUT2D eigenvalue weighted by Gasteiger charge is 2.59. The number of rotatable bonds is 9. The van der Waals surface area contributed by atoms with Gasteiger partial charge in [0, 0.05) is 13.2 Å². The largest absolute Gasteiger partial charge is 0.439 e. The lowest BCUT2D eigenvalue weighted by atomic mass is 9.79. The van der Waals surface area contributed by atoms with Crippen LogP contribution in [-0.2, 0) is 4.74 Å². The van der Waals surface area contributed by atoms with Gasteiger partial charge in [-0.1, -0.05) is 31.2 Å². The summed E-state index contributed by atoms with van der Waals surface area (Å²) < 4.78 is 114. The van der Waals surface area contributed by atoms with E-state index in [9.17, 15) is 35.1 Å². The van der Waals surface area contributed by atoms with Crippen molar-refractivity contribution in [2.45, 2.75) is 63.4 Å². The molecule has 0 radical (unpaired) electrons. The van der Waals surface area contributed by atoms with E-state index >= 15 is 0 Å². The van der Waals surface area contributed by atoms with E-state index in [2.05, 4.69) is 11.7 Å². The summed E-state index contributed by atoms with van der Waals surface area (Å²) in [5.74, 6) is -4.29. The smallest absolute Gasteiger partial charge is 0.424 e. The molecule has 1 unspecified atom stereocenters. The van der Waals surface area contributed by atoms with Crippen LogP contribution in [0.15, 0.2) is 36.4 Å². The van der Waals surface area contributed by atoms with E-state index in [1.807, 2.05) is 12.1 Å². The molecule has 1 aliphatic carbocycles. The van der Waals surface area contributed by atoms with Crippen LogP contribution in [0.2, 0.25) is 0 Å². The Kier molecular flexibility index (Phi) is 8.67. The van der Waals surface area contributed by atoms with E-state index in [0.717, 1.165) is 50.9 Å². The van der Waals surface area contributed by atoms with Gasteiger partial charge in [-0.3, -0.25) is 0 Å². The van der Waals surface area contributed by atoms with Gasteiger partial charge in [-0.15, -0.1) is 0 Å². The quantitative estimate of drug-likeness (QED) is 0.250. The van der Waals surface area contributed by atoms with E-state index in [4.69, 9.17) is 4.74 Å². The van der Waals surface area contributed by atoms with Crippen molar-refractivity contribution in [3.05, 3.63) is 53.6 Å². The lowest BCUT2D eigenvalue weighted by Gasteiger charge is -2.28. The van der Waals surface area contributed by atoms with Gasteiger partial charge in [0.05, 0.1) is 0 Å². The van der Waals surface area contributed by atoms with Crippen LogP contribution in [0.1, 0.15) is 50.5 Å². The van der Waals surface area contributed by atoms with Crippen molar-refractivity contribution >= 4 is 0 Å². The first kappa shape index (κ1) is 27.2. The standard InChI is InChI=1S/C25H26F8O2/c1-2-11-34-14-15-3-5-16(6-4-15)17-7-9-18(10-8-17)19-12-20(26)22(21(27)13-19)35-25(32,33)23(28)24(29,30)31/h7-10,12-13,15-16,23H,2-6,11,14H2,1H3. The fourth-order valence-electron chi connectivity index (χ4n) is 4.21. The number of ether oxygens (including phenoxy) is 2. The average Bonchev–Trinajstić information content (AvgIpc) is 2.81. The van der Waals surface area contributed by atoms with Crippen LogP contribution in [-0.4, -0.2) is 31.7 Å². The van der Waals surface area contributed by atoms with Gasteiger partial charge in [0.15, 0.2) is 17.4 Å². The zero-order chi connectivity index (χ0) is 25.8. The van der Waals surface area contributed by atoms with Crippen LogP contribution in [0, 0.1) is 17.6 Å². The van der Waals surface area contributed by atoms with Crippen molar-refractivity contribution in [3.63, 3.8) is 0 Å². The molecule has 194 valence electrons. The van der Waals surface area contributed by atoms with E-state index in [0.29, 0.717) is 29.5 Å². The highest BCUT2D eigenvalue weighted by Crippen LogP contribution is 2.40. The number of hydrogen-bond acceptors (Lipinski definition) is 2. The monoisotopic (exact) mass is 510 g/mol. The molecule has 0 N–H and O–H groups in total. The maximum atomic E-state index is 14.3. The van der Waals surface area contributed by atoms with Crippen molar-refractivity contribution in [2.24, 2.45) is 5.92 Å². The van der Waals surface area contributed by atoms with E-state index < -0.39 is 35.8 Å². The van der Waals surface area contributed by atoms with Gasteiger partial charge < -0.3 is 9.47 Å². The van der Waals surface area contributed by atoms with Crippen molar-refractivity contribution in [1.82, 2.24) is 0 Å². The van der Waals surface area contributed by atoms with Crippen LogP contribution >= 0.6 is 0 Å². The van der Waals surface area contributed by atoms with Gasteiger partial charge in [0.25, 0.3) is 6.17 Å². The van der Waals surface area contributed by atoms with Crippen LogP contribution in [0.4, 0.5) is 35.1 Å². The van der Waals surface area contributed by atoms with E-state index in [1.165, 1.54) is 0 Å². The zero-order valence-electron chi connectivity index (χ0n) is 19.0. The molecule has 2 aromatic carbocycles. The van der Waals surface area contributed by atoms with Crippen LogP contribution in [0.25, 0.3) is 11.1 Å². The molecule has 1 fully saturated rings. The van der Waals surface area contributed by atoms with Gasteiger partial charge >= 0.3 is 12.3 Å². The van der Waals surface area contributed by atoms with Crippen molar-refractivity contribution < 1.29 is 44.6 Å². The summed E-state index contributed by atoms with van der Waals surface area (Å²) in [6.45, 7) is 3.57. The zero-order valence-corrected chi connectivity index (χ0v) is 19.0. The van der Waals surface area contributed by atoms with Crippen molar-refractivity contribution in [3.8, 4) is 16.9 Å². The molecular formula is C25H26F8O2. The van der Waals surface area contributed by atoms with Gasteiger partial charge in [0.1, 0.15) is 0 Å². The average molecular weight is 510 g/mol. The Hall–Kier alpha value is -2.36.